The maximum absolute atomic E-state index is 12.5. The van der Waals surface area contributed by atoms with Crippen LogP contribution in [0.4, 0.5) is 5.82 Å². The van der Waals surface area contributed by atoms with Gasteiger partial charge in [-0.2, -0.15) is 5.10 Å². The highest BCUT2D eigenvalue weighted by Gasteiger charge is 2.13. The number of carbonyl (C=O) groups is 1. The molecule has 0 spiro atoms. The molecule has 0 fully saturated rings. The van der Waals surface area contributed by atoms with Crippen molar-refractivity contribution >= 4 is 23.3 Å². The lowest BCUT2D eigenvalue weighted by molar-refractivity contribution is 0.102. The third kappa shape index (κ3) is 4.41. The number of amides is 1. The molecule has 27 heavy (non-hydrogen) atoms. The summed E-state index contributed by atoms with van der Waals surface area (Å²) in [5, 5.41) is 7.95. The number of anilines is 1. The zero-order chi connectivity index (χ0) is 19.4. The second-order valence-electron chi connectivity index (χ2n) is 5.98. The molecule has 0 aliphatic heterocycles. The number of benzene rings is 2. The van der Waals surface area contributed by atoms with Gasteiger partial charge in [0, 0.05) is 22.3 Å². The largest absolute Gasteiger partial charge is 0.493 e. The first-order valence-corrected chi connectivity index (χ1v) is 8.70. The molecule has 2 aromatic carbocycles. The zero-order valence-corrected chi connectivity index (χ0v) is 16.1. The van der Waals surface area contributed by atoms with E-state index in [9.17, 15) is 4.79 Å². The van der Waals surface area contributed by atoms with Gasteiger partial charge in [0.15, 0.2) is 17.3 Å². The molecule has 0 saturated heterocycles. The van der Waals surface area contributed by atoms with Crippen molar-refractivity contribution in [3.05, 3.63) is 70.4 Å². The summed E-state index contributed by atoms with van der Waals surface area (Å²) in [7, 11) is 3.08. The summed E-state index contributed by atoms with van der Waals surface area (Å²) in [5.74, 6) is 1.26. The fourth-order valence-corrected chi connectivity index (χ4v) is 2.92. The fraction of sp³-hybridized carbons (Fsp3) is 0.200. The third-order valence-electron chi connectivity index (χ3n) is 4.09. The predicted molar refractivity (Wildman–Crippen MR) is 105 cm³/mol. The molecule has 0 unspecified atom stereocenters. The monoisotopic (exact) mass is 385 g/mol. The highest BCUT2D eigenvalue weighted by Crippen LogP contribution is 2.27. The Kier molecular flexibility index (Phi) is 5.66. The van der Waals surface area contributed by atoms with Gasteiger partial charge in [0.2, 0.25) is 0 Å². The number of nitrogens with one attached hydrogen (secondary N) is 1. The molecule has 0 bridgehead atoms. The number of carbonyl (C=O) groups excluding carboxylic acids is 1. The molecule has 0 aliphatic carbocycles. The Morgan fingerprint density at radius 1 is 1.11 bits per heavy atom. The molecular formula is C20H20ClN3O3. The minimum Gasteiger partial charge on any atom is -0.493 e. The zero-order valence-electron chi connectivity index (χ0n) is 15.3. The molecular weight excluding hydrogens is 366 g/mol. The van der Waals surface area contributed by atoms with Crippen LogP contribution in [0.5, 0.6) is 11.5 Å². The van der Waals surface area contributed by atoms with Crippen LogP contribution in [0.15, 0.2) is 48.5 Å². The number of aryl methyl sites for hydroxylation is 1. The van der Waals surface area contributed by atoms with Gasteiger partial charge in [-0.05, 0) is 42.8 Å². The molecule has 1 amide bonds. The number of nitrogens with zero attached hydrogens (tertiary/aromatic N) is 2. The lowest BCUT2D eigenvalue weighted by atomic mass is 10.2. The van der Waals surface area contributed by atoms with E-state index in [0.29, 0.717) is 34.4 Å². The number of methoxy groups -OCH3 is 2. The van der Waals surface area contributed by atoms with Gasteiger partial charge in [-0.15, -0.1) is 0 Å². The van der Waals surface area contributed by atoms with Gasteiger partial charge in [0.25, 0.3) is 5.91 Å². The summed E-state index contributed by atoms with van der Waals surface area (Å²) in [4.78, 5) is 12.5. The summed E-state index contributed by atoms with van der Waals surface area (Å²) in [6.45, 7) is 2.50. The number of aromatic nitrogens is 2. The second kappa shape index (κ2) is 8.14. The Morgan fingerprint density at radius 2 is 1.89 bits per heavy atom. The van der Waals surface area contributed by atoms with E-state index in [1.165, 1.54) is 7.11 Å². The van der Waals surface area contributed by atoms with E-state index in [4.69, 9.17) is 21.1 Å². The van der Waals surface area contributed by atoms with Crippen molar-refractivity contribution in [3.63, 3.8) is 0 Å². The highest BCUT2D eigenvalue weighted by molar-refractivity contribution is 6.30. The van der Waals surface area contributed by atoms with Crippen molar-refractivity contribution < 1.29 is 14.3 Å². The van der Waals surface area contributed by atoms with Crippen molar-refractivity contribution in [2.24, 2.45) is 0 Å². The van der Waals surface area contributed by atoms with Gasteiger partial charge in [0.1, 0.15) is 0 Å². The predicted octanol–water partition coefficient (Wildman–Crippen LogP) is 4.16. The first-order valence-electron chi connectivity index (χ1n) is 8.32. The normalized spacial score (nSPS) is 10.5. The first kappa shape index (κ1) is 18.8. The molecule has 0 radical (unpaired) electrons. The second-order valence-corrected chi connectivity index (χ2v) is 6.42. The average molecular weight is 386 g/mol. The lowest BCUT2D eigenvalue weighted by Gasteiger charge is -2.09. The van der Waals surface area contributed by atoms with Crippen LogP contribution in [0.2, 0.25) is 5.02 Å². The van der Waals surface area contributed by atoms with Crippen LogP contribution in [-0.2, 0) is 6.54 Å². The number of hydrogen-bond donors (Lipinski definition) is 1. The Labute approximate surface area is 162 Å². The molecule has 0 atom stereocenters. The molecule has 1 N–H and O–H groups in total. The number of rotatable bonds is 6. The SMILES string of the molecule is COc1ccc(C(=O)Nc2cc(C)n(Cc3cccc(Cl)c3)n2)cc1OC. The summed E-state index contributed by atoms with van der Waals surface area (Å²) >= 11 is 6.03. The maximum Gasteiger partial charge on any atom is 0.257 e. The van der Waals surface area contributed by atoms with Crippen molar-refractivity contribution in [1.82, 2.24) is 9.78 Å². The number of halogens is 1. The van der Waals surface area contributed by atoms with Crippen molar-refractivity contribution in [2.75, 3.05) is 19.5 Å². The fourth-order valence-electron chi connectivity index (χ4n) is 2.71. The van der Waals surface area contributed by atoms with Gasteiger partial charge >= 0.3 is 0 Å². The molecule has 0 aliphatic rings. The van der Waals surface area contributed by atoms with Crippen LogP contribution in [0.1, 0.15) is 21.6 Å². The van der Waals surface area contributed by atoms with Gasteiger partial charge < -0.3 is 14.8 Å². The quantitative estimate of drug-likeness (QED) is 0.691. The van der Waals surface area contributed by atoms with Crippen LogP contribution < -0.4 is 14.8 Å². The maximum atomic E-state index is 12.5. The van der Waals surface area contributed by atoms with Gasteiger partial charge in [-0.3, -0.25) is 9.48 Å². The van der Waals surface area contributed by atoms with Gasteiger partial charge in [-0.1, -0.05) is 23.7 Å². The van der Waals surface area contributed by atoms with E-state index >= 15 is 0 Å². The Morgan fingerprint density at radius 3 is 2.59 bits per heavy atom. The lowest BCUT2D eigenvalue weighted by Crippen LogP contribution is -2.13. The summed E-state index contributed by atoms with van der Waals surface area (Å²) in [6, 6.07) is 14.4. The van der Waals surface area contributed by atoms with E-state index in [0.717, 1.165) is 11.3 Å². The van der Waals surface area contributed by atoms with Crippen molar-refractivity contribution in [1.29, 1.82) is 0 Å². The summed E-state index contributed by atoms with van der Waals surface area (Å²) < 4.78 is 12.2. The number of ether oxygens (including phenoxy) is 2. The molecule has 1 heterocycles. The van der Waals surface area contributed by atoms with Gasteiger partial charge in [-0.25, -0.2) is 0 Å². The van der Waals surface area contributed by atoms with Crippen LogP contribution in [0, 0.1) is 6.92 Å². The number of hydrogen-bond acceptors (Lipinski definition) is 4. The minimum atomic E-state index is -0.275. The Bertz CT molecular complexity index is 969. The smallest absolute Gasteiger partial charge is 0.257 e. The topological polar surface area (TPSA) is 65.4 Å². The summed E-state index contributed by atoms with van der Waals surface area (Å²) in [5.41, 5.74) is 2.42. The average Bonchev–Trinajstić information content (AvgIpc) is 2.99. The van der Waals surface area contributed by atoms with E-state index in [-0.39, 0.29) is 5.91 Å². The van der Waals surface area contributed by atoms with E-state index < -0.39 is 0 Å². The molecule has 3 aromatic rings. The van der Waals surface area contributed by atoms with Crippen LogP contribution in [0.25, 0.3) is 0 Å². The Hall–Kier alpha value is -2.99. The van der Waals surface area contributed by atoms with Crippen molar-refractivity contribution in [2.45, 2.75) is 13.5 Å². The molecule has 7 heteroatoms. The molecule has 140 valence electrons. The van der Waals surface area contributed by atoms with E-state index in [1.807, 2.05) is 41.9 Å². The molecule has 6 nitrogen and oxygen atoms in total. The van der Waals surface area contributed by atoms with Crippen LogP contribution >= 0.6 is 11.6 Å². The first-order chi connectivity index (χ1) is 13.0. The minimum absolute atomic E-state index is 0.275. The van der Waals surface area contributed by atoms with Crippen LogP contribution in [-0.4, -0.2) is 29.9 Å². The molecule has 3 rings (SSSR count). The highest BCUT2D eigenvalue weighted by atomic mass is 35.5. The van der Waals surface area contributed by atoms with Crippen molar-refractivity contribution in [3.8, 4) is 11.5 Å². The standard InChI is InChI=1S/C20H20ClN3O3/c1-13-9-19(23-24(13)12-14-5-4-6-16(21)10-14)22-20(25)15-7-8-17(26-2)18(11-15)27-3/h4-11H,12H2,1-3H3,(H,22,23,25). The summed E-state index contributed by atoms with van der Waals surface area (Å²) in [6.07, 6.45) is 0. The molecule has 1 aromatic heterocycles. The van der Waals surface area contributed by atoms with E-state index in [1.54, 1.807) is 25.3 Å². The Balaban J connectivity index is 1.75. The van der Waals surface area contributed by atoms with E-state index in [2.05, 4.69) is 10.4 Å². The third-order valence-corrected chi connectivity index (χ3v) is 4.32. The van der Waals surface area contributed by atoms with Gasteiger partial charge in [0.05, 0.1) is 20.8 Å². The molecule has 0 saturated carbocycles. The van der Waals surface area contributed by atoms with Crippen LogP contribution in [0.3, 0.4) is 0 Å².